The molecule has 2 amide bonds. The predicted octanol–water partition coefficient (Wildman–Crippen LogP) is 0.238. The number of anilines is 1. The van der Waals surface area contributed by atoms with Gasteiger partial charge in [-0.3, -0.25) is 14.5 Å². The number of nitrogens with zero attached hydrogens (tertiary/aromatic N) is 3. The molecule has 3 unspecified atom stereocenters. The molecule has 3 rings (SSSR count). The molecule has 2 aliphatic heterocycles. The summed E-state index contributed by atoms with van der Waals surface area (Å²) in [4.78, 5) is 55.2. The lowest BCUT2D eigenvalue weighted by Gasteiger charge is -2.49. The number of β-lactam (4-membered cyclic amide) rings is 1. The molecule has 4 N–H and O–H groups in total. The van der Waals surface area contributed by atoms with Crippen LogP contribution in [0.15, 0.2) is 34.5 Å². The monoisotopic (exact) mass is 495 g/mol. The molecular formula is C19H21N5O7S2. The highest BCUT2D eigenvalue weighted by Gasteiger charge is 2.54. The summed E-state index contributed by atoms with van der Waals surface area (Å²) in [6, 6.07) is -0.994. The minimum atomic E-state index is -1.18. The topological polar surface area (TPSA) is 174 Å². The zero-order chi connectivity index (χ0) is 24.3. The average molecular weight is 496 g/mol. The molecule has 2 aliphatic rings. The van der Waals surface area contributed by atoms with Crippen molar-refractivity contribution in [1.82, 2.24) is 15.2 Å². The van der Waals surface area contributed by atoms with Crippen molar-refractivity contribution >= 4 is 57.7 Å². The number of allylic oxidation sites excluding steroid dienone is 1. The Morgan fingerprint density at radius 2 is 2.24 bits per heavy atom. The second kappa shape index (κ2) is 10.0. The normalized spacial score (nSPS) is 21.0. The van der Waals surface area contributed by atoms with Crippen molar-refractivity contribution in [2.45, 2.75) is 31.4 Å². The van der Waals surface area contributed by atoms with Gasteiger partial charge in [0.25, 0.3) is 11.8 Å². The van der Waals surface area contributed by atoms with Crippen LogP contribution in [0.25, 0.3) is 0 Å². The Balaban J connectivity index is 1.75. The summed E-state index contributed by atoms with van der Waals surface area (Å²) in [5.74, 6) is -2.70. The summed E-state index contributed by atoms with van der Waals surface area (Å²) in [7, 11) is 0. The molecule has 3 heterocycles. The Morgan fingerprint density at radius 1 is 1.52 bits per heavy atom. The summed E-state index contributed by atoms with van der Waals surface area (Å²) >= 11 is 2.35. The van der Waals surface area contributed by atoms with Crippen LogP contribution in [0.5, 0.6) is 0 Å². The number of thiazole rings is 1. The van der Waals surface area contributed by atoms with Gasteiger partial charge in [-0.25, -0.2) is 14.6 Å². The number of oxime groups is 1. The number of nitrogens with two attached hydrogens (primary N) is 1. The van der Waals surface area contributed by atoms with Crippen molar-refractivity contribution in [2.24, 2.45) is 5.16 Å². The molecule has 1 aromatic rings. The van der Waals surface area contributed by atoms with E-state index in [1.54, 1.807) is 6.92 Å². The van der Waals surface area contributed by atoms with Crippen LogP contribution in [-0.2, 0) is 28.7 Å². The Bertz CT molecular complexity index is 1070. The molecule has 14 heteroatoms. The van der Waals surface area contributed by atoms with Crippen molar-refractivity contribution < 1.29 is 33.9 Å². The first-order chi connectivity index (χ1) is 15.7. The van der Waals surface area contributed by atoms with Gasteiger partial charge >= 0.3 is 11.9 Å². The number of aromatic nitrogens is 1. The number of carbonyl (C=O) groups is 4. The smallest absolute Gasteiger partial charge is 0.356 e. The molecule has 1 fully saturated rings. The number of thioether (sulfide) groups is 1. The van der Waals surface area contributed by atoms with E-state index in [1.165, 1.54) is 35.0 Å². The standard InChI is InChI=1S/C19H21N5O7S2/c1-4-9-6-32-16-12(22-14(25)11(23-29)10-7-33-19(20)21-10)15(26)24(16)13(9)18(28)31-8(3)17(27)30-5-2/h4,7-8,12,16,29H,1,5-6H2,2-3H3,(H2,20,21)(H,22,25)/b23-11-. The van der Waals surface area contributed by atoms with E-state index in [-0.39, 0.29) is 23.1 Å². The molecule has 0 radical (unpaired) electrons. The maximum absolute atomic E-state index is 12.9. The van der Waals surface area contributed by atoms with E-state index in [4.69, 9.17) is 15.2 Å². The van der Waals surface area contributed by atoms with E-state index < -0.39 is 47.0 Å². The Hall–Kier alpha value is -3.39. The van der Waals surface area contributed by atoms with Crippen LogP contribution in [0.2, 0.25) is 0 Å². The number of esters is 2. The summed E-state index contributed by atoms with van der Waals surface area (Å²) in [6.07, 6.45) is 0.252. The van der Waals surface area contributed by atoms with Gasteiger partial charge in [0, 0.05) is 11.1 Å². The van der Waals surface area contributed by atoms with Gasteiger partial charge < -0.3 is 25.7 Å². The minimum absolute atomic E-state index is 0.0521. The SMILES string of the molecule is C=CC1=C(C(=O)OC(C)C(=O)OCC)N2C(=O)C(NC(=O)/C(=N\O)c3csc(N)n3)C2SC1. The number of amides is 2. The maximum Gasteiger partial charge on any atom is 0.356 e. The average Bonchev–Trinajstić information content (AvgIpc) is 3.22. The predicted molar refractivity (Wildman–Crippen MR) is 119 cm³/mol. The Morgan fingerprint density at radius 3 is 2.82 bits per heavy atom. The van der Waals surface area contributed by atoms with Gasteiger partial charge in [0.2, 0.25) is 0 Å². The lowest BCUT2D eigenvalue weighted by molar-refractivity contribution is -0.166. The summed E-state index contributed by atoms with van der Waals surface area (Å²) in [5.41, 5.74) is 5.60. The lowest BCUT2D eigenvalue weighted by atomic mass is 10.0. The second-order valence-electron chi connectivity index (χ2n) is 6.76. The first-order valence-electron chi connectivity index (χ1n) is 9.65. The first-order valence-corrected chi connectivity index (χ1v) is 11.6. The minimum Gasteiger partial charge on any atom is -0.463 e. The van der Waals surface area contributed by atoms with Crippen molar-refractivity contribution in [1.29, 1.82) is 0 Å². The largest absolute Gasteiger partial charge is 0.463 e. The molecule has 3 atom stereocenters. The van der Waals surface area contributed by atoms with Gasteiger partial charge in [0.15, 0.2) is 16.9 Å². The lowest BCUT2D eigenvalue weighted by Crippen LogP contribution is -2.71. The van der Waals surface area contributed by atoms with Crippen LogP contribution < -0.4 is 11.1 Å². The van der Waals surface area contributed by atoms with E-state index in [1.807, 2.05) is 0 Å². The van der Waals surface area contributed by atoms with E-state index in [0.717, 1.165) is 11.3 Å². The molecule has 1 saturated heterocycles. The van der Waals surface area contributed by atoms with Crippen LogP contribution in [0.1, 0.15) is 19.5 Å². The number of carbonyl (C=O) groups excluding carboxylic acids is 4. The zero-order valence-corrected chi connectivity index (χ0v) is 19.3. The molecular weight excluding hydrogens is 474 g/mol. The summed E-state index contributed by atoms with van der Waals surface area (Å²) in [6.45, 7) is 6.78. The van der Waals surface area contributed by atoms with Gasteiger partial charge in [-0.2, -0.15) is 0 Å². The van der Waals surface area contributed by atoms with Crippen molar-refractivity contribution in [3.8, 4) is 0 Å². The summed E-state index contributed by atoms with van der Waals surface area (Å²) < 4.78 is 10.0. The molecule has 176 valence electrons. The Kier molecular flexibility index (Phi) is 7.38. The quantitative estimate of drug-likeness (QED) is 0.149. The molecule has 0 saturated carbocycles. The molecule has 0 spiro atoms. The Labute approximate surface area is 196 Å². The first kappa shape index (κ1) is 24.3. The van der Waals surface area contributed by atoms with Crippen LogP contribution in [0, 0.1) is 0 Å². The van der Waals surface area contributed by atoms with Crippen LogP contribution in [-0.4, -0.2) is 74.4 Å². The zero-order valence-electron chi connectivity index (χ0n) is 17.6. The van der Waals surface area contributed by atoms with Gasteiger partial charge in [-0.1, -0.05) is 17.8 Å². The third-order valence-electron chi connectivity index (χ3n) is 4.71. The van der Waals surface area contributed by atoms with Gasteiger partial charge in [-0.15, -0.1) is 23.1 Å². The maximum atomic E-state index is 12.9. The molecule has 0 aromatic carbocycles. The number of nitrogen functional groups attached to an aromatic ring is 1. The van der Waals surface area contributed by atoms with Crippen LogP contribution in [0.4, 0.5) is 5.13 Å². The van der Waals surface area contributed by atoms with Crippen molar-refractivity contribution in [3.05, 3.63) is 35.0 Å². The highest BCUT2D eigenvalue weighted by atomic mass is 32.2. The van der Waals surface area contributed by atoms with Crippen molar-refractivity contribution in [3.63, 3.8) is 0 Å². The molecule has 0 aliphatic carbocycles. The fourth-order valence-corrected chi connectivity index (χ4v) is 5.02. The van der Waals surface area contributed by atoms with E-state index >= 15 is 0 Å². The van der Waals surface area contributed by atoms with Gasteiger partial charge in [0.1, 0.15) is 22.8 Å². The summed E-state index contributed by atoms with van der Waals surface area (Å²) in [5, 5.41) is 15.7. The molecule has 33 heavy (non-hydrogen) atoms. The number of rotatable bonds is 8. The second-order valence-corrected chi connectivity index (χ2v) is 8.75. The number of fused-ring (bicyclic) bond motifs is 1. The molecule has 12 nitrogen and oxygen atoms in total. The third-order valence-corrected chi connectivity index (χ3v) is 6.68. The fourth-order valence-electron chi connectivity index (χ4n) is 3.13. The molecule has 1 aromatic heterocycles. The van der Waals surface area contributed by atoms with E-state index in [2.05, 4.69) is 22.0 Å². The highest BCUT2D eigenvalue weighted by molar-refractivity contribution is 8.00. The molecule has 0 bridgehead atoms. The number of ether oxygens (including phenoxy) is 2. The van der Waals surface area contributed by atoms with Gasteiger partial charge in [-0.05, 0) is 19.4 Å². The highest BCUT2D eigenvalue weighted by Crippen LogP contribution is 2.41. The van der Waals surface area contributed by atoms with E-state index in [0.29, 0.717) is 11.3 Å². The number of nitrogens with one attached hydrogen (secondary N) is 1. The van der Waals surface area contributed by atoms with Crippen LogP contribution in [0.3, 0.4) is 0 Å². The van der Waals surface area contributed by atoms with Crippen LogP contribution >= 0.6 is 23.1 Å². The fraction of sp³-hybridized carbons (Fsp3) is 0.368. The number of hydrogen-bond donors (Lipinski definition) is 3. The van der Waals surface area contributed by atoms with E-state index in [9.17, 15) is 24.4 Å². The van der Waals surface area contributed by atoms with Crippen molar-refractivity contribution in [2.75, 3.05) is 18.1 Å². The third kappa shape index (κ3) is 4.71. The number of hydrogen-bond acceptors (Lipinski definition) is 12. The van der Waals surface area contributed by atoms with Gasteiger partial charge in [0.05, 0.1) is 6.61 Å².